The van der Waals surface area contributed by atoms with Gasteiger partial charge in [0.1, 0.15) is 0 Å². The fraction of sp³-hybridized carbons (Fsp3) is 0.833. The van der Waals surface area contributed by atoms with E-state index < -0.39 is 5.97 Å². The standard InChI is InChI=1S/C12H23N3O3/c1-3-9(2)15-10(16)4-5-14-12(6-11(17)18)7-13-8-12/h9,13-14H,3-8H2,1-2H3,(H,15,16)(H,17,18). The molecular formula is C12H23N3O3. The Morgan fingerprint density at radius 1 is 1.44 bits per heavy atom. The molecule has 0 saturated carbocycles. The van der Waals surface area contributed by atoms with Gasteiger partial charge in [0.05, 0.1) is 12.0 Å². The van der Waals surface area contributed by atoms with Crippen molar-refractivity contribution in [3.8, 4) is 0 Å². The molecule has 1 unspecified atom stereocenters. The summed E-state index contributed by atoms with van der Waals surface area (Å²) < 4.78 is 0. The number of rotatable bonds is 8. The van der Waals surface area contributed by atoms with E-state index in [-0.39, 0.29) is 23.9 Å². The monoisotopic (exact) mass is 257 g/mol. The minimum absolute atomic E-state index is 0.00890. The highest BCUT2D eigenvalue weighted by Gasteiger charge is 2.38. The van der Waals surface area contributed by atoms with E-state index in [4.69, 9.17) is 5.11 Å². The van der Waals surface area contributed by atoms with Gasteiger partial charge in [0.25, 0.3) is 0 Å². The summed E-state index contributed by atoms with van der Waals surface area (Å²) in [7, 11) is 0. The molecule has 1 saturated heterocycles. The first kappa shape index (κ1) is 14.9. The molecule has 1 aliphatic rings. The lowest BCUT2D eigenvalue weighted by atomic mass is 9.88. The van der Waals surface area contributed by atoms with E-state index in [0.717, 1.165) is 6.42 Å². The molecule has 0 spiro atoms. The molecule has 1 fully saturated rings. The number of hydrogen-bond acceptors (Lipinski definition) is 4. The van der Waals surface area contributed by atoms with Gasteiger partial charge in [-0.15, -0.1) is 0 Å². The average Bonchev–Trinajstić information content (AvgIpc) is 2.24. The molecule has 4 N–H and O–H groups in total. The number of amides is 1. The summed E-state index contributed by atoms with van der Waals surface area (Å²) in [6.45, 7) is 5.79. The van der Waals surface area contributed by atoms with Crippen LogP contribution in [0.25, 0.3) is 0 Å². The van der Waals surface area contributed by atoms with Crippen LogP contribution < -0.4 is 16.0 Å². The van der Waals surface area contributed by atoms with E-state index in [9.17, 15) is 9.59 Å². The molecule has 18 heavy (non-hydrogen) atoms. The minimum atomic E-state index is -0.812. The maximum Gasteiger partial charge on any atom is 0.305 e. The predicted molar refractivity (Wildman–Crippen MR) is 68.4 cm³/mol. The lowest BCUT2D eigenvalue weighted by Gasteiger charge is -2.42. The van der Waals surface area contributed by atoms with Crippen molar-refractivity contribution >= 4 is 11.9 Å². The lowest BCUT2D eigenvalue weighted by Crippen LogP contribution is -2.68. The fourth-order valence-corrected chi connectivity index (χ4v) is 1.92. The molecule has 0 bridgehead atoms. The van der Waals surface area contributed by atoms with Crippen LogP contribution in [0.1, 0.15) is 33.1 Å². The van der Waals surface area contributed by atoms with Gasteiger partial charge >= 0.3 is 5.97 Å². The fourth-order valence-electron chi connectivity index (χ4n) is 1.92. The molecule has 0 aromatic rings. The Balaban J connectivity index is 2.23. The van der Waals surface area contributed by atoms with Gasteiger partial charge in [-0.2, -0.15) is 0 Å². The van der Waals surface area contributed by atoms with Crippen LogP contribution >= 0.6 is 0 Å². The highest BCUT2D eigenvalue weighted by molar-refractivity contribution is 5.76. The van der Waals surface area contributed by atoms with Crippen molar-refractivity contribution in [3.05, 3.63) is 0 Å². The third-order valence-corrected chi connectivity index (χ3v) is 3.29. The van der Waals surface area contributed by atoms with Crippen LogP contribution in [-0.2, 0) is 9.59 Å². The zero-order valence-corrected chi connectivity index (χ0v) is 11.1. The first-order valence-corrected chi connectivity index (χ1v) is 6.44. The van der Waals surface area contributed by atoms with Crippen LogP contribution in [0.5, 0.6) is 0 Å². The lowest BCUT2D eigenvalue weighted by molar-refractivity contribution is -0.139. The number of aliphatic carboxylic acids is 1. The third-order valence-electron chi connectivity index (χ3n) is 3.29. The van der Waals surface area contributed by atoms with Gasteiger partial charge in [0, 0.05) is 32.1 Å². The highest BCUT2D eigenvalue weighted by atomic mass is 16.4. The normalized spacial score (nSPS) is 18.8. The van der Waals surface area contributed by atoms with Crippen molar-refractivity contribution in [2.75, 3.05) is 19.6 Å². The van der Waals surface area contributed by atoms with Gasteiger partial charge in [-0.25, -0.2) is 0 Å². The van der Waals surface area contributed by atoms with Crippen LogP contribution in [0.15, 0.2) is 0 Å². The molecule has 0 radical (unpaired) electrons. The van der Waals surface area contributed by atoms with Crippen molar-refractivity contribution in [2.45, 2.75) is 44.7 Å². The molecule has 1 heterocycles. The van der Waals surface area contributed by atoms with E-state index in [2.05, 4.69) is 16.0 Å². The first-order valence-electron chi connectivity index (χ1n) is 6.44. The van der Waals surface area contributed by atoms with E-state index in [1.807, 2.05) is 13.8 Å². The molecular weight excluding hydrogens is 234 g/mol. The van der Waals surface area contributed by atoms with Crippen molar-refractivity contribution in [2.24, 2.45) is 0 Å². The van der Waals surface area contributed by atoms with Crippen molar-refractivity contribution in [1.29, 1.82) is 0 Å². The highest BCUT2D eigenvalue weighted by Crippen LogP contribution is 2.15. The van der Waals surface area contributed by atoms with Crippen molar-refractivity contribution in [3.63, 3.8) is 0 Å². The van der Waals surface area contributed by atoms with Crippen molar-refractivity contribution < 1.29 is 14.7 Å². The third kappa shape index (κ3) is 4.62. The Bertz CT molecular complexity index is 303. The molecule has 0 aromatic carbocycles. The van der Waals surface area contributed by atoms with Crippen LogP contribution in [0.4, 0.5) is 0 Å². The summed E-state index contributed by atoms with van der Waals surface area (Å²) in [5.41, 5.74) is -0.373. The van der Waals surface area contributed by atoms with Gasteiger partial charge in [0.2, 0.25) is 5.91 Å². The molecule has 0 aliphatic carbocycles. The second kappa shape index (κ2) is 6.70. The molecule has 6 nitrogen and oxygen atoms in total. The SMILES string of the molecule is CCC(C)NC(=O)CCNC1(CC(=O)O)CNC1. The molecule has 6 heteroatoms. The van der Waals surface area contributed by atoms with Gasteiger partial charge in [-0.3, -0.25) is 9.59 Å². The van der Waals surface area contributed by atoms with Crippen molar-refractivity contribution in [1.82, 2.24) is 16.0 Å². The van der Waals surface area contributed by atoms with Crippen LogP contribution in [0.3, 0.4) is 0 Å². The summed E-state index contributed by atoms with van der Waals surface area (Å²) in [6.07, 6.45) is 1.38. The second-order valence-electron chi connectivity index (χ2n) is 5.01. The molecule has 1 rings (SSSR count). The molecule has 104 valence electrons. The van der Waals surface area contributed by atoms with Gasteiger partial charge < -0.3 is 21.1 Å². The Morgan fingerprint density at radius 3 is 2.56 bits per heavy atom. The molecule has 1 aliphatic heterocycles. The Hall–Kier alpha value is -1.14. The van der Waals surface area contributed by atoms with Gasteiger partial charge in [-0.05, 0) is 13.3 Å². The number of carboxylic acids is 1. The Labute approximate surface area is 108 Å². The van der Waals surface area contributed by atoms with E-state index in [1.165, 1.54) is 0 Å². The van der Waals surface area contributed by atoms with Gasteiger partial charge in [0.15, 0.2) is 0 Å². The first-order chi connectivity index (χ1) is 8.47. The van der Waals surface area contributed by atoms with Crippen LogP contribution in [0, 0.1) is 0 Å². The van der Waals surface area contributed by atoms with Gasteiger partial charge in [-0.1, -0.05) is 6.92 Å². The quantitative estimate of drug-likeness (QED) is 0.479. The number of hydrogen-bond donors (Lipinski definition) is 4. The zero-order valence-electron chi connectivity index (χ0n) is 11.1. The summed E-state index contributed by atoms with van der Waals surface area (Å²) in [4.78, 5) is 22.3. The van der Waals surface area contributed by atoms with Crippen LogP contribution in [0.2, 0.25) is 0 Å². The average molecular weight is 257 g/mol. The molecule has 1 amide bonds. The number of carboxylic acid groups (broad SMARTS) is 1. The van der Waals surface area contributed by atoms with Crippen LogP contribution in [-0.4, -0.2) is 48.2 Å². The minimum Gasteiger partial charge on any atom is -0.481 e. The van der Waals surface area contributed by atoms with E-state index >= 15 is 0 Å². The topological polar surface area (TPSA) is 90.5 Å². The molecule has 1 atom stereocenters. The predicted octanol–water partition coefficient (Wildman–Crippen LogP) is -0.302. The maximum atomic E-state index is 11.5. The smallest absolute Gasteiger partial charge is 0.305 e. The Kier molecular flexibility index (Phi) is 5.55. The van der Waals surface area contributed by atoms with E-state index in [1.54, 1.807) is 0 Å². The maximum absolute atomic E-state index is 11.5. The zero-order chi connectivity index (χ0) is 13.6. The molecule has 0 aromatic heterocycles. The van der Waals surface area contributed by atoms with E-state index in [0.29, 0.717) is 26.1 Å². The number of nitrogens with one attached hydrogen (secondary N) is 3. The summed E-state index contributed by atoms with van der Waals surface area (Å²) in [6, 6.07) is 0.191. The second-order valence-corrected chi connectivity index (χ2v) is 5.01. The largest absolute Gasteiger partial charge is 0.481 e. The summed E-state index contributed by atoms with van der Waals surface area (Å²) in [5.74, 6) is -0.803. The number of carbonyl (C=O) groups is 2. The summed E-state index contributed by atoms with van der Waals surface area (Å²) >= 11 is 0. The number of carbonyl (C=O) groups excluding carboxylic acids is 1. The summed E-state index contributed by atoms with van der Waals surface area (Å²) in [5, 5.41) is 18.0. The Morgan fingerprint density at radius 2 is 2.11 bits per heavy atom.